The van der Waals surface area contributed by atoms with Crippen molar-refractivity contribution in [3.8, 4) is 0 Å². The minimum atomic E-state index is -0.920. The lowest BCUT2D eigenvalue weighted by atomic mass is 10.1. The second kappa shape index (κ2) is 5.40. The summed E-state index contributed by atoms with van der Waals surface area (Å²) in [5, 5.41) is 10.8. The first kappa shape index (κ1) is 13.9. The highest BCUT2D eigenvalue weighted by molar-refractivity contribution is 8.01. The van der Waals surface area contributed by atoms with Crippen LogP contribution in [0.15, 0.2) is 30.3 Å². The molecule has 2 aliphatic rings. The molecule has 0 aliphatic carbocycles. The Bertz CT molecular complexity index is 592. The van der Waals surface area contributed by atoms with Gasteiger partial charge in [-0.1, -0.05) is 30.3 Å². The van der Waals surface area contributed by atoms with Crippen molar-refractivity contribution in [2.24, 2.45) is 0 Å². The van der Waals surface area contributed by atoms with Gasteiger partial charge in [-0.25, -0.2) is 0 Å². The molecule has 2 heterocycles. The van der Waals surface area contributed by atoms with E-state index in [4.69, 9.17) is 5.11 Å². The number of hydrogen-bond acceptors (Lipinski definition) is 4. The number of carbonyl (C=O) groups excluding carboxylic acids is 2. The average molecular weight is 306 g/mol. The summed E-state index contributed by atoms with van der Waals surface area (Å²) in [5.74, 6) is -1.34. The number of aliphatic carboxylic acids is 1. The molecular weight excluding hydrogens is 292 g/mol. The molecule has 3 atom stereocenters. The molecule has 1 unspecified atom stereocenters. The van der Waals surface area contributed by atoms with Crippen LogP contribution >= 0.6 is 11.8 Å². The van der Waals surface area contributed by atoms with Crippen molar-refractivity contribution in [2.45, 2.75) is 23.1 Å². The van der Waals surface area contributed by atoms with Crippen molar-refractivity contribution in [2.75, 3.05) is 6.54 Å². The minimum absolute atomic E-state index is 0.197. The van der Waals surface area contributed by atoms with E-state index in [2.05, 4.69) is 5.32 Å². The third-order valence-electron chi connectivity index (χ3n) is 3.61. The normalized spacial score (nSPS) is 27.0. The van der Waals surface area contributed by atoms with Gasteiger partial charge in [-0.05, 0) is 5.56 Å². The van der Waals surface area contributed by atoms with Gasteiger partial charge in [0.15, 0.2) is 0 Å². The fourth-order valence-electron chi connectivity index (χ4n) is 2.53. The van der Waals surface area contributed by atoms with Crippen LogP contribution in [0.2, 0.25) is 0 Å². The molecule has 3 rings (SSSR count). The Labute approximate surface area is 125 Å². The predicted octanol–water partition coefficient (Wildman–Crippen LogP) is 0.0822. The summed E-state index contributed by atoms with van der Waals surface area (Å²) in [6, 6.07) is 8.66. The Morgan fingerprint density at radius 1 is 1.33 bits per heavy atom. The van der Waals surface area contributed by atoms with Crippen LogP contribution in [-0.2, 0) is 20.8 Å². The predicted molar refractivity (Wildman–Crippen MR) is 76.6 cm³/mol. The van der Waals surface area contributed by atoms with Crippen molar-refractivity contribution < 1.29 is 19.5 Å². The van der Waals surface area contributed by atoms with Gasteiger partial charge in [0.1, 0.15) is 16.7 Å². The fraction of sp³-hybridized carbons (Fsp3) is 0.357. The quantitative estimate of drug-likeness (QED) is 0.770. The first-order chi connectivity index (χ1) is 10.1. The molecule has 6 nitrogen and oxygen atoms in total. The highest BCUT2D eigenvalue weighted by Gasteiger charge is 2.55. The van der Waals surface area contributed by atoms with Crippen LogP contribution in [0.3, 0.4) is 0 Å². The zero-order chi connectivity index (χ0) is 15.0. The summed E-state index contributed by atoms with van der Waals surface area (Å²) in [6.07, 6.45) is 0.213. The Morgan fingerprint density at radius 3 is 2.71 bits per heavy atom. The molecule has 1 aromatic carbocycles. The number of carboxylic acids is 1. The summed E-state index contributed by atoms with van der Waals surface area (Å²) < 4.78 is 0. The topological polar surface area (TPSA) is 86.7 Å². The zero-order valence-corrected chi connectivity index (χ0v) is 11.9. The molecule has 2 amide bonds. The molecule has 0 saturated carbocycles. The number of nitrogens with zero attached hydrogens (tertiary/aromatic N) is 1. The van der Waals surface area contributed by atoms with Crippen LogP contribution in [-0.4, -0.2) is 51.0 Å². The van der Waals surface area contributed by atoms with Gasteiger partial charge in [-0.2, -0.15) is 0 Å². The van der Waals surface area contributed by atoms with Gasteiger partial charge < -0.3 is 15.3 Å². The van der Waals surface area contributed by atoms with Gasteiger partial charge in [-0.3, -0.25) is 14.4 Å². The molecule has 21 heavy (non-hydrogen) atoms. The third kappa shape index (κ3) is 2.61. The van der Waals surface area contributed by atoms with Crippen LogP contribution in [0.1, 0.15) is 5.56 Å². The maximum atomic E-state index is 12.0. The highest BCUT2D eigenvalue weighted by Crippen LogP contribution is 2.40. The van der Waals surface area contributed by atoms with Gasteiger partial charge in [0.2, 0.25) is 11.8 Å². The Morgan fingerprint density at radius 2 is 2.05 bits per heavy atom. The van der Waals surface area contributed by atoms with Crippen molar-refractivity contribution in [3.63, 3.8) is 0 Å². The van der Waals surface area contributed by atoms with E-state index < -0.39 is 17.3 Å². The van der Waals surface area contributed by atoms with E-state index >= 15 is 0 Å². The van der Waals surface area contributed by atoms with E-state index in [0.717, 1.165) is 5.56 Å². The summed E-state index contributed by atoms with van der Waals surface area (Å²) in [7, 11) is 0. The molecule has 2 saturated heterocycles. The number of carboxylic acid groups (broad SMARTS) is 1. The average Bonchev–Trinajstić information content (AvgIpc) is 2.87. The number of benzene rings is 1. The van der Waals surface area contributed by atoms with Crippen LogP contribution in [0.5, 0.6) is 0 Å². The molecule has 0 bridgehead atoms. The van der Waals surface area contributed by atoms with Gasteiger partial charge in [0.25, 0.3) is 0 Å². The summed E-state index contributed by atoms with van der Waals surface area (Å²) in [6.45, 7) is 0.217. The molecule has 1 aromatic rings. The molecule has 110 valence electrons. The van der Waals surface area contributed by atoms with Crippen LogP contribution in [0, 0.1) is 0 Å². The monoisotopic (exact) mass is 306 g/mol. The molecular formula is C14H14N2O4S. The molecule has 0 aromatic heterocycles. The summed E-state index contributed by atoms with van der Waals surface area (Å²) in [5.41, 5.74) is 0.876. The minimum Gasteiger partial charge on any atom is -0.480 e. The fourth-order valence-corrected chi connectivity index (χ4v) is 3.91. The highest BCUT2D eigenvalue weighted by atomic mass is 32.2. The van der Waals surface area contributed by atoms with Crippen molar-refractivity contribution >= 4 is 29.5 Å². The number of amides is 2. The second-order valence-corrected chi connectivity index (χ2v) is 6.38. The smallest absolute Gasteiger partial charge is 0.318 e. The first-order valence-electron chi connectivity index (χ1n) is 6.58. The third-order valence-corrected chi connectivity index (χ3v) is 5.09. The number of rotatable bonds is 4. The standard InChI is InChI=1S/C14H14N2O4S/c17-10(6-8-4-2-1-3-5-8)15-11-12(18)16-7-9(14(19)20)21-13(11)16/h1-5,9,11,13H,6-7H2,(H,15,17)(H,19,20)/t9-,11-,13?/m1/s1. The number of nitrogens with one attached hydrogen (secondary N) is 1. The van der Waals surface area contributed by atoms with E-state index in [1.54, 1.807) is 0 Å². The number of fused-ring (bicyclic) bond motifs is 1. The van der Waals surface area contributed by atoms with Gasteiger partial charge >= 0.3 is 5.97 Å². The van der Waals surface area contributed by atoms with E-state index in [-0.39, 0.29) is 30.2 Å². The van der Waals surface area contributed by atoms with Crippen molar-refractivity contribution in [1.29, 1.82) is 0 Å². The maximum Gasteiger partial charge on any atom is 0.318 e. The van der Waals surface area contributed by atoms with Crippen molar-refractivity contribution in [3.05, 3.63) is 35.9 Å². The van der Waals surface area contributed by atoms with Crippen LogP contribution in [0.25, 0.3) is 0 Å². The maximum absolute atomic E-state index is 12.0. The zero-order valence-electron chi connectivity index (χ0n) is 11.1. The molecule has 2 N–H and O–H groups in total. The SMILES string of the molecule is O=C(Cc1ccccc1)N[C@@H]1C(=O)N2C[C@H](C(=O)O)SC12. The lowest BCUT2D eigenvalue weighted by Crippen LogP contribution is -2.67. The Balaban J connectivity index is 1.58. The number of hydrogen-bond donors (Lipinski definition) is 2. The largest absolute Gasteiger partial charge is 0.480 e. The summed E-state index contributed by atoms with van der Waals surface area (Å²) >= 11 is 1.22. The van der Waals surface area contributed by atoms with E-state index in [1.807, 2.05) is 30.3 Å². The molecule has 0 spiro atoms. The van der Waals surface area contributed by atoms with Gasteiger partial charge in [0.05, 0.1) is 6.42 Å². The van der Waals surface area contributed by atoms with Crippen molar-refractivity contribution in [1.82, 2.24) is 10.2 Å². The van der Waals surface area contributed by atoms with E-state index in [9.17, 15) is 14.4 Å². The number of β-lactam (4-membered cyclic amide) rings is 1. The van der Waals surface area contributed by atoms with E-state index in [1.165, 1.54) is 16.7 Å². The van der Waals surface area contributed by atoms with Crippen LogP contribution < -0.4 is 5.32 Å². The van der Waals surface area contributed by atoms with E-state index in [0.29, 0.717) is 0 Å². The second-order valence-electron chi connectivity index (χ2n) is 5.05. The van der Waals surface area contributed by atoms with Gasteiger partial charge in [0, 0.05) is 6.54 Å². The Hall–Kier alpha value is -2.02. The number of thioether (sulfide) groups is 1. The first-order valence-corrected chi connectivity index (χ1v) is 7.52. The Kier molecular flexibility index (Phi) is 3.59. The number of carbonyl (C=O) groups is 3. The lowest BCUT2D eigenvalue weighted by molar-refractivity contribution is -0.148. The molecule has 0 radical (unpaired) electrons. The molecule has 2 fully saturated rings. The van der Waals surface area contributed by atoms with Gasteiger partial charge in [-0.15, -0.1) is 11.8 Å². The summed E-state index contributed by atoms with van der Waals surface area (Å²) in [4.78, 5) is 36.3. The van der Waals surface area contributed by atoms with Crippen LogP contribution in [0.4, 0.5) is 0 Å². The lowest BCUT2D eigenvalue weighted by Gasteiger charge is -2.41. The molecule has 7 heteroatoms. The molecule has 2 aliphatic heterocycles.